The number of hydrogen-bond donors (Lipinski definition) is 2. The van der Waals surface area contributed by atoms with Crippen LogP contribution >= 0.6 is 0 Å². The molecule has 0 saturated carbocycles. The third kappa shape index (κ3) is 4.23. The molecular weight excluding hydrogens is 376 g/mol. The molecule has 28 heavy (non-hydrogen) atoms. The van der Waals surface area contributed by atoms with E-state index in [0.717, 1.165) is 22.4 Å². The quantitative estimate of drug-likeness (QED) is 0.653. The van der Waals surface area contributed by atoms with Crippen LogP contribution in [0.5, 0.6) is 5.75 Å². The van der Waals surface area contributed by atoms with Gasteiger partial charge < -0.3 is 10.1 Å². The molecule has 0 unspecified atom stereocenters. The highest BCUT2D eigenvalue weighted by Gasteiger charge is 2.16. The second kappa shape index (κ2) is 7.85. The standard InChI is InChI=1S/C20H22N4O3S/c1-13-6-5-7-17(15(13)3)21-19-10-11-20(23-22-19)24-28(25,26)16-8-9-18(27-4)14(2)12-16/h5-12H,1-4H3,(H,21,22)(H,23,24). The van der Waals surface area contributed by atoms with E-state index in [4.69, 9.17) is 4.74 Å². The van der Waals surface area contributed by atoms with Crippen LogP contribution in [-0.4, -0.2) is 25.7 Å². The van der Waals surface area contributed by atoms with E-state index < -0.39 is 10.0 Å². The van der Waals surface area contributed by atoms with E-state index in [9.17, 15) is 8.42 Å². The molecule has 0 aliphatic carbocycles. The molecule has 0 aliphatic heterocycles. The highest BCUT2D eigenvalue weighted by molar-refractivity contribution is 7.92. The van der Waals surface area contributed by atoms with E-state index in [1.807, 2.05) is 32.0 Å². The fourth-order valence-corrected chi connectivity index (χ4v) is 3.77. The van der Waals surface area contributed by atoms with Gasteiger partial charge in [-0.15, -0.1) is 10.2 Å². The van der Waals surface area contributed by atoms with Crippen LogP contribution in [0.4, 0.5) is 17.3 Å². The van der Waals surface area contributed by atoms with Gasteiger partial charge >= 0.3 is 0 Å². The van der Waals surface area contributed by atoms with Gasteiger partial charge in [0.1, 0.15) is 5.75 Å². The molecule has 3 aromatic rings. The maximum Gasteiger partial charge on any atom is 0.263 e. The van der Waals surface area contributed by atoms with Gasteiger partial charge in [0.2, 0.25) is 0 Å². The molecule has 0 aliphatic rings. The van der Waals surface area contributed by atoms with Crippen LogP contribution in [0.1, 0.15) is 16.7 Å². The number of rotatable bonds is 6. The topological polar surface area (TPSA) is 93.2 Å². The highest BCUT2D eigenvalue weighted by Crippen LogP contribution is 2.24. The third-order valence-electron chi connectivity index (χ3n) is 4.45. The van der Waals surface area contributed by atoms with Crippen molar-refractivity contribution in [2.75, 3.05) is 17.1 Å². The smallest absolute Gasteiger partial charge is 0.263 e. The van der Waals surface area contributed by atoms with Crippen molar-refractivity contribution in [3.05, 3.63) is 65.2 Å². The molecule has 1 aromatic heterocycles. The van der Waals surface area contributed by atoms with Crippen LogP contribution in [-0.2, 0) is 10.0 Å². The van der Waals surface area contributed by atoms with Crippen molar-refractivity contribution in [3.8, 4) is 5.75 Å². The second-order valence-electron chi connectivity index (χ2n) is 6.41. The third-order valence-corrected chi connectivity index (χ3v) is 5.80. The number of sulfonamides is 1. The molecular formula is C20H22N4O3S. The number of aromatic nitrogens is 2. The van der Waals surface area contributed by atoms with Crippen LogP contribution in [0, 0.1) is 20.8 Å². The van der Waals surface area contributed by atoms with E-state index in [0.29, 0.717) is 11.6 Å². The first-order valence-electron chi connectivity index (χ1n) is 8.64. The van der Waals surface area contributed by atoms with Gasteiger partial charge in [0.25, 0.3) is 10.0 Å². The molecule has 0 radical (unpaired) electrons. The zero-order valence-corrected chi connectivity index (χ0v) is 17.0. The van der Waals surface area contributed by atoms with Crippen LogP contribution in [0.15, 0.2) is 53.4 Å². The first kappa shape index (κ1) is 19.6. The average molecular weight is 398 g/mol. The number of methoxy groups -OCH3 is 1. The Labute approximate surface area is 164 Å². The molecule has 7 nitrogen and oxygen atoms in total. The summed E-state index contributed by atoms with van der Waals surface area (Å²) in [6.07, 6.45) is 0. The lowest BCUT2D eigenvalue weighted by Gasteiger charge is -2.12. The van der Waals surface area contributed by atoms with E-state index >= 15 is 0 Å². The van der Waals surface area contributed by atoms with Crippen LogP contribution in [0.25, 0.3) is 0 Å². The molecule has 146 valence electrons. The molecule has 2 N–H and O–H groups in total. The van der Waals surface area contributed by atoms with Gasteiger partial charge in [0, 0.05) is 5.69 Å². The van der Waals surface area contributed by atoms with E-state index in [1.165, 1.54) is 13.2 Å². The summed E-state index contributed by atoms with van der Waals surface area (Å²) in [6, 6.07) is 13.8. The van der Waals surface area contributed by atoms with Gasteiger partial charge in [0.05, 0.1) is 12.0 Å². The first-order valence-corrected chi connectivity index (χ1v) is 10.1. The average Bonchev–Trinajstić information content (AvgIpc) is 2.66. The minimum Gasteiger partial charge on any atom is -0.496 e. The van der Waals surface area contributed by atoms with Crippen molar-refractivity contribution in [1.29, 1.82) is 0 Å². The fourth-order valence-electron chi connectivity index (χ4n) is 2.69. The largest absolute Gasteiger partial charge is 0.496 e. The minimum absolute atomic E-state index is 0.130. The van der Waals surface area contributed by atoms with Gasteiger partial charge in [0.15, 0.2) is 11.6 Å². The predicted molar refractivity (Wildman–Crippen MR) is 110 cm³/mol. The molecule has 0 spiro atoms. The molecule has 1 heterocycles. The van der Waals surface area contributed by atoms with Gasteiger partial charge in [-0.1, -0.05) is 12.1 Å². The Morgan fingerprint density at radius 2 is 1.61 bits per heavy atom. The van der Waals surface area contributed by atoms with Crippen molar-refractivity contribution in [2.24, 2.45) is 0 Å². The maximum absolute atomic E-state index is 12.6. The molecule has 8 heteroatoms. The number of aryl methyl sites for hydroxylation is 2. The summed E-state index contributed by atoms with van der Waals surface area (Å²) in [6.45, 7) is 5.83. The zero-order valence-electron chi connectivity index (χ0n) is 16.1. The van der Waals surface area contributed by atoms with Gasteiger partial charge in [-0.05, 0) is 73.9 Å². The summed E-state index contributed by atoms with van der Waals surface area (Å²) >= 11 is 0. The summed E-state index contributed by atoms with van der Waals surface area (Å²) in [5.74, 6) is 1.29. The van der Waals surface area contributed by atoms with Crippen molar-refractivity contribution in [2.45, 2.75) is 25.7 Å². The Balaban J connectivity index is 1.76. The SMILES string of the molecule is COc1ccc(S(=O)(=O)Nc2ccc(Nc3cccc(C)c3C)nn2)cc1C. The summed E-state index contributed by atoms with van der Waals surface area (Å²) in [5, 5.41) is 11.2. The second-order valence-corrected chi connectivity index (χ2v) is 8.10. The Morgan fingerprint density at radius 1 is 0.893 bits per heavy atom. The van der Waals surface area contributed by atoms with Crippen LogP contribution in [0.2, 0.25) is 0 Å². The van der Waals surface area contributed by atoms with Gasteiger partial charge in [-0.2, -0.15) is 0 Å². The highest BCUT2D eigenvalue weighted by atomic mass is 32.2. The normalized spacial score (nSPS) is 11.1. The van der Waals surface area contributed by atoms with Gasteiger partial charge in [-0.3, -0.25) is 4.72 Å². The molecule has 0 saturated heterocycles. The monoisotopic (exact) mass is 398 g/mol. The fraction of sp³-hybridized carbons (Fsp3) is 0.200. The summed E-state index contributed by atoms with van der Waals surface area (Å²) in [5.41, 5.74) is 3.93. The predicted octanol–water partition coefficient (Wildman–Crippen LogP) is 3.95. The summed E-state index contributed by atoms with van der Waals surface area (Å²) in [4.78, 5) is 0.130. The van der Waals surface area contributed by atoms with E-state index in [2.05, 4.69) is 20.2 Å². The van der Waals surface area contributed by atoms with Crippen molar-refractivity contribution < 1.29 is 13.2 Å². The number of hydrogen-bond acceptors (Lipinski definition) is 6. The van der Waals surface area contributed by atoms with Crippen molar-refractivity contribution >= 4 is 27.3 Å². The Morgan fingerprint density at radius 3 is 2.25 bits per heavy atom. The zero-order chi connectivity index (χ0) is 20.3. The van der Waals surface area contributed by atoms with Crippen molar-refractivity contribution in [3.63, 3.8) is 0 Å². The number of nitrogens with zero attached hydrogens (tertiary/aromatic N) is 2. The van der Waals surface area contributed by atoms with Crippen LogP contribution < -0.4 is 14.8 Å². The molecule has 0 bridgehead atoms. The molecule has 3 rings (SSSR count). The lowest BCUT2D eigenvalue weighted by atomic mass is 10.1. The number of nitrogens with one attached hydrogen (secondary N) is 2. The molecule has 0 amide bonds. The Kier molecular flexibility index (Phi) is 5.51. The first-order chi connectivity index (χ1) is 13.3. The lowest BCUT2D eigenvalue weighted by Crippen LogP contribution is -2.14. The maximum atomic E-state index is 12.6. The van der Waals surface area contributed by atoms with E-state index in [1.54, 1.807) is 31.2 Å². The molecule has 0 atom stereocenters. The summed E-state index contributed by atoms with van der Waals surface area (Å²) in [7, 11) is -2.23. The molecule has 2 aromatic carbocycles. The minimum atomic E-state index is -3.77. The number of benzene rings is 2. The van der Waals surface area contributed by atoms with Crippen molar-refractivity contribution in [1.82, 2.24) is 10.2 Å². The lowest BCUT2D eigenvalue weighted by molar-refractivity contribution is 0.411. The summed E-state index contributed by atoms with van der Waals surface area (Å²) < 4.78 is 32.8. The Bertz CT molecular complexity index is 1100. The number of ether oxygens (including phenoxy) is 1. The van der Waals surface area contributed by atoms with Gasteiger partial charge in [-0.25, -0.2) is 8.42 Å². The van der Waals surface area contributed by atoms with Crippen LogP contribution in [0.3, 0.4) is 0 Å². The number of anilines is 3. The Hall–Kier alpha value is -3.13. The molecule has 0 fully saturated rings. The van der Waals surface area contributed by atoms with E-state index in [-0.39, 0.29) is 10.7 Å².